The highest BCUT2D eigenvalue weighted by molar-refractivity contribution is 7.99. The van der Waals surface area contributed by atoms with E-state index in [9.17, 15) is 0 Å². The average molecular weight is 257 g/mol. The molecular formula is C11H19N3O2S. The first kappa shape index (κ1) is 12.9. The van der Waals surface area contributed by atoms with E-state index in [1.807, 2.05) is 11.8 Å². The number of nitrogens with zero attached hydrogens (tertiary/aromatic N) is 2. The molecular weight excluding hydrogens is 238 g/mol. The monoisotopic (exact) mass is 257 g/mol. The molecule has 1 aromatic heterocycles. The van der Waals surface area contributed by atoms with Gasteiger partial charge in [0.15, 0.2) is 5.82 Å². The van der Waals surface area contributed by atoms with Crippen LogP contribution < -0.4 is 5.32 Å². The van der Waals surface area contributed by atoms with E-state index in [0.29, 0.717) is 12.5 Å². The van der Waals surface area contributed by atoms with Crippen molar-refractivity contribution in [1.29, 1.82) is 0 Å². The molecule has 1 aliphatic rings. The molecule has 2 heterocycles. The smallest absolute Gasteiger partial charge is 0.246 e. The molecule has 0 amide bonds. The van der Waals surface area contributed by atoms with Crippen molar-refractivity contribution in [2.24, 2.45) is 0 Å². The van der Waals surface area contributed by atoms with Crippen LogP contribution in [0.1, 0.15) is 38.5 Å². The highest BCUT2D eigenvalue weighted by Crippen LogP contribution is 2.26. The Hall–Kier alpha value is -0.590. The van der Waals surface area contributed by atoms with E-state index in [4.69, 9.17) is 9.26 Å². The van der Waals surface area contributed by atoms with Gasteiger partial charge in [-0.25, -0.2) is 0 Å². The van der Waals surface area contributed by atoms with E-state index >= 15 is 0 Å². The number of nitrogens with one attached hydrogen (secondary N) is 1. The largest absolute Gasteiger partial charge is 0.378 e. The lowest BCUT2D eigenvalue weighted by molar-refractivity contribution is 0.0659. The lowest BCUT2D eigenvalue weighted by Crippen LogP contribution is -2.34. The van der Waals surface area contributed by atoms with Gasteiger partial charge >= 0.3 is 0 Å². The minimum atomic E-state index is 0.0460. The average Bonchev–Trinajstić information content (AvgIpc) is 2.75. The molecule has 1 aromatic rings. The molecule has 1 N–H and O–H groups in total. The Kier molecular flexibility index (Phi) is 4.06. The second kappa shape index (κ2) is 5.37. The minimum absolute atomic E-state index is 0.0460. The molecule has 0 radical (unpaired) electrons. The van der Waals surface area contributed by atoms with Gasteiger partial charge in [-0.3, -0.25) is 0 Å². The van der Waals surface area contributed by atoms with Gasteiger partial charge in [0, 0.05) is 11.3 Å². The Morgan fingerprint density at radius 1 is 1.47 bits per heavy atom. The lowest BCUT2D eigenvalue weighted by Gasteiger charge is -2.20. The van der Waals surface area contributed by atoms with E-state index in [1.54, 1.807) is 0 Å². The molecule has 0 saturated carbocycles. The summed E-state index contributed by atoms with van der Waals surface area (Å²) in [6.07, 6.45) is 0. The fourth-order valence-corrected chi connectivity index (χ4v) is 2.15. The van der Waals surface area contributed by atoms with Gasteiger partial charge in [0.2, 0.25) is 5.89 Å². The Balaban J connectivity index is 1.91. The Morgan fingerprint density at radius 3 is 2.94 bits per heavy atom. The molecule has 17 heavy (non-hydrogen) atoms. The summed E-state index contributed by atoms with van der Waals surface area (Å²) in [6.45, 7) is 8.71. The van der Waals surface area contributed by atoms with Gasteiger partial charge in [0.25, 0.3) is 0 Å². The first-order chi connectivity index (χ1) is 8.04. The third-order valence-corrected chi connectivity index (χ3v) is 3.61. The van der Waals surface area contributed by atoms with Crippen LogP contribution in [0, 0.1) is 0 Å². The van der Waals surface area contributed by atoms with Crippen LogP contribution in [0.3, 0.4) is 0 Å². The molecule has 96 valence electrons. The van der Waals surface area contributed by atoms with Gasteiger partial charge in [-0.15, -0.1) is 11.8 Å². The third kappa shape index (κ3) is 3.97. The van der Waals surface area contributed by atoms with E-state index in [2.05, 4.69) is 36.2 Å². The van der Waals surface area contributed by atoms with Gasteiger partial charge in [-0.2, -0.15) is 4.98 Å². The normalized spacial score (nSPS) is 21.7. The summed E-state index contributed by atoms with van der Waals surface area (Å²) in [5.74, 6) is 2.17. The number of rotatable bonds is 3. The van der Waals surface area contributed by atoms with E-state index in [-0.39, 0.29) is 10.8 Å². The van der Waals surface area contributed by atoms with Crippen molar-refractivity contribution in [3.8, 4) is 0 Å². The van der Waals surface area contributed by atoms with Crippen LogP contribution >= 0.6 is 11.8 Å². The van der Waals surface area contributed by atoms with Gasteiger partial charge in [-0.05, 0) is 0 Å². The summed E-state index contributed by atoms with van der Waals surface area (Å²) in [7, 11) is 0. The standard InChI is InChI=1S/C11H19N3O2S/c1-11(2,3)17-7-9-13-10(16-14-9)8-6-15-5-4-12-8/h8,12H,4-7H2,1-3H3. The van der Waals surface area contributed by atoms with Gasteiger partial charge in [0.05, 0.1) is 19.0 Å². The molecule has 1 saturated heterocycles. The first-order valence-corrected chi connectivity index (χ1v) is 6.81. The van der Waals surface area contributed by atoms with Gasteiger partial charge in [-0.1, -0.05) is 25.9 Å². The fraction of sp³-hybridized carbons (Fsp3) is 0.818. The topological polar surface area (TPSA) is 60.2 Å². The highest BCUT2D eigenvalue weighted by atomic mass is 32.2. The van der Waals surface area contributed by atoms with Gasteiger partial charge in [0.1, 0.15) is 6.04 Å². The second-order valence-electron chi connectivity index (χ2n) is 5.03. The molecule has 0 spiro atoms. The lowest BCUT2D eigenvalue weighted by atomic mass is 10.3. The molecule has 0 aliphatic carbocycles. The summed E-state index contributed by atoms with van der Waals surface area (Å²) in [5.41, 5.74) is 0. The van der Waals surface area contributed by atoms with Crippen molar-refractivity contribution < 1.29 is 9.26 Å². The summed E-state index contributed by atoms with van der Waals surface area (Å²) in [5, 5.41) is 7.28. The molecule has 1 fully saturated rings. The Morgan fingerprint density at radius 2 is 2.29 bits per heavy atom. The number of morpholine rings is 1. The first-order valence-electron chi connectivity index (χ1n) is 5.82. The predicted octanol–water partition coefficient (Wildman–Crippen LogP) is 1.76. The SMILES string of the molecule is CC(C)(C)SCc1noc(C2COCCN2)n1. The molecule has 0 bridgehead atoms. The maximum absolute atomic E-state index is 5.36. The molecule has 1 unspecified atom stereocenters. The molecule has 0 aromatic carbocycles. The minimum Gasteiger partial charge on any atom is -0.378 e. The van der Waals surface area contributed by atoms with E-state index < -0.39 is 0 Å². The summed E-state index contributed by atoms with van der Waals surface area (Å²) in [4.78, 5) is 4.40. The molecule has 6 heteroatoms. The van der Waals surface area contributed by atoms with Crippen LogP contribution in [-0.4, -0.2) is 34.6 Å². The quantitative estimate of drug-likeness (QED) is 0.890. The Labute approximate surface area is 106 Å². The van der Waals surface area contributed by atoms with Crippen LogP contribution in [0.25, 0.3) is 0 Å². The van der Waals surface area contributed by atoms with Crippen molar-refractivity contribution >= 4 is 11.8 Å². The van der Waals surface area contributed by atoms with Crippen LogP contribution in [0.2, 0.25) is 0 Å². The van der Waals surface area contributed by atoms with E-state index in [0.717, 1.165) is 24.7 Å². The number of hydrogen-bond donors (Lipinski definition) is 1. The summed E-state index contributed by atoms with van der Waals surface area (Å²) in [6, 6.07) is 0.0460. The zero-order valence-corrected chi connectivity index (χ0v) is 11.3. The van der Waals surface area contributed by atoms with Crippen molar-refractivity contribution in [1.82, 2.24) is 15.5 Å². The number of ether oxygens (including phenoxy) is 1. The molecule has 5 nitrogen and oxygen atoms in total. The van der Waals surface area contributed by atoms with Crippen molar-refractivity contribution in [2.45, 2.75) is 37.3 Å². The summed E-state index contributed by atoms with van der Waals surface area (Å²) < 4.78 is 10.8. The zero-order chi connectivity index (χ0) is 12.3. The fourth-order valence-electron chi connectivity index (χ4n) is 1.47. The van der Waals surface area contributed by atoms with E-state index in [1.165, 1.54) is 0 Å². The maximum Gasteiger partial charge on any atom is 0.246 e. The predicted molar refractivity (Wildman–Crippen MR) is 66.9 cm³/mol. The van der Waals surface area contributed by atoms with Crippen LogP contribution in [-0.2, 0) is 10.5 Å². The summed E-state index contributed by atoms with van der Waals surface area (Å²) >= 11 is 1.81. The Bertz CT molecular complexity index is 356. The van der Waals surface area contributed by atoms with Crippen molar-refractivity contribution in [2.75, 3.05) is 19.8 Å². The van der Waals surface area contributed by atoms with Crippen molar-refractivity contribution in [3.05, 3.63) is 11.7 Å². The van der Waals surface area contributed by atoms with Crippen molar-refractivity contribution in [3.63, 3.8) is 0 Å². The van der Waals surface area contributed by atoms with Gasteiger partial charge < -0.3 is 14.6 Å². The molecule has 2 rings (SSSR count). The van der Waals surface area contributed by atoms with Crippen LogP contribution in [0.5, 0.6) is 0 Å². The highest BCUT2D eigenvalue weighted by Gasteiger charge is 2.22. The maximum atomic E-state index is 5.36. The number of aromatic nitrogens is 2. The zero-order valence-electron chi connectivity index (χ0n) is 10.5. The van der Waals surface area contributed by atoms with Crippen LogP contribution in [0.4, 0.5) is 0 Å². The molecule has 1 aliphatic heterocycles. The third-order valence-electron chi connectivity index (χ3n) is 2.34. The second-order valence-corrected chi connectivity index (χ2v) is 6.83. The number of hydrogen-bond acceptors (Lipinski definition) is 6. The number of thioether (sulfide) groups is 1. The molecule has 1 atom stereocenters. The van der Waals surface area contributed by atoms with Crippen LogP contribution in [0.15, 0.2) is 4.52 Å².